The van der Waals surface area contributed by atoms with Crippen LogP contribution in [0.4, 0.5) is 8.78 Å². The van der Waals surface area contributed by atoms with Crippen LogP contribution >= 0.6 is 0 Å². The monoisotopic (exact) mass is 188 g/mol. The minimum atomic E-state index is -1.19. The molecule has 0 bridgehead atoms. The molecule has 0 radical (unpaired) electrons. The van der Waals surface area contributed by atoms with Gasteiger partial charge in [0.15, 0.2) is 0 Å². The molecular weight excluding hydrogens is 170 g/mol. The molecule has 2 rings (SSSR count). The van der Waals surface area contributed by atoms with E-state index in [1.54, 1.807) is 0 Å². The number of rotatable bonds is 0. The van der Waals surface area contributed by atoms with Crippen molar-refractivity contribution in [3.05, 3.63) is 0 Å². The van der Waals surface area contributed by atoms with Gasteiger partial charge in [-0.1, -0.05) is 13.8 Å². The van der Waals surface area contributed by atoms with Gasteiger partial charge in [0.05, 0.1) is 0 Å². The summed E-state index contributed by atoms with van der Waals surface area (Å²) in [5, 5.41) is 0. The maximum atomic E-state index is 13.1. The van der Waals surface area contributed by atoms with Crippen LogP contribution in [0.2, 0.25) is 0 Å². The van der Waals surface area contributed by atoms with E-state index in [1.807, 2.05) is 0 Å². The van der Waals surface area contributed by atoms with Gasteiger partial charge < -0.3 is 0 Å². The zero-order chi connectivity index (χ0) is 9.69. The molecule has 2 aliphatic carbocycles. The Kier molecular flexibility index (Phi) is 1.94. The Balaban J connectivity index is 2.09. The van der Waals surface area contributed by atoms with E-state index in [9.17, 15) is 8.78 Å². The van der Waals surface area contributed by atoms with Crippen LogP contribution in [0.25, 0.3) is 0 Å². The normalized spacial score (nSPS) is 48.9. The minimum Gasteiger partial charge on any atom is -0.244 e. The first-order valence-electron chi connectivity index (χ1n) is 5.21. The van der Waals surface area contributed by atoms with E-state index in [2.05, 4.69) is 13.8 Å². The highest BCUT2D eigenvalue weighted by molar-refractivity contribution is 5.01. The zero-order valence-electron chi connectivity index (χ0n) is 8.45. The average Bonchev–Trinajstić information content (AvgIpc) is 2.38. The lowest BCUT2D eigenvalue weighted by molar-refractivity contribution is 0.199. The van der Waals surface area contributed by atoms with Crippen molar-refractivity contribution in [3.8, 4) is 0 Å². The van der Waals surface area contributed by atoms with Gasteiger partial charge in [-0.25, -0.2) is 8.78 Å². The Bertz CT molecular complexity index is 200. The van der Waals surface area contributed by atoms with Crippen molar-refractivity contribution in [3.63, 3.8) is 0 Å². The van der Waals surface area contributed by atoms with Gasteiger partial charge in [0.2, 0.25) is 0 Å². The molecule has 76 valence electrons. The predicted octanol–water partition coefficient (Wildman–Crippen LogP) is 3.65. The van der Waals surface area contributed by atoms with Crippen molar-refractivity contribution in [1.29, 1.82) is 0 Å². The molecule has 2 heteroatoms. The van der Waals surface area contributed by atoms with Gasteiger partial charge in [-0.15, -0.1) is 0 Å². The van der Waals surface area contributed by atoms with Crippen molar-refractivity contribution < 1.29 is 8.78 Å². The molecule has 1 spiro atoms. The Morgan fingerprint density at radius 1 is 1.00 bits per heavy atom. The molecule has 2 atom stereocenters. The van der Waals surface area contributed by atoms with Crippen LogP contribution in [0.5, 0.6) is 0 Å². The van der Waals surface area contributed by atoms with Gasteiger partial charge in [0.25, 0.3) is 0 Å². The van der Waals surface area contributed by atoms with E-state index in [1.165, 1.54) is 0 Å². The van der Waals surface area contributed by atoms with E-state index in [4.69, 9.17) is 0 Å². The summed E-state index contributed by atoms with van der Waals surface area (Å²) in [4.78, 5) is 0. The van der Waals surface area contributed by atoms with Crippen LogP contribution in [-0.2, 0) is 0 Å². The number of hydrogen-bond acceptors (Lipinski definition) is 0. The van der Waals surface area contributed by atoms with E-state index in [0.29, 0.717) is 18.3 Å². The first-order valence-corrected chi connectivity index (χ1v) is 5.21. The number of hydrogen-bond donors (Lipinski definition) is 0. The molecule has 0 aromatic heterocycles. The third-order valence-corrected chi connectivity index (χ3v) is 3.83. The first-order chi connectivity index (χ1) is 5.93. The van der Waals surface area contributed by atoms with Crippen molar-refractivity contribution in [1.82, 2.24) is 0 Å². The van der Waals surface area contributed by atoms with Gasteiger partial charge in [-0.2, -0.15) is 0 Å². The second kappa shape index (κ2) is 2.68. The lowest BCUT2D eigenvalue weighted by atomic mass is 9.80. The zero-order valence-corrected chi connectivity index (χ0v) is 8.45. The smallest absolute Gasteiger partial charge is 0.132 e. The fourth-order valence-corrected chi connectivity index (χ4v) is 3.31. The number of halogens is 2. The fourth-order valence-electron chi connectivity index (χ4n) is 3.31. The molecule has 0 aliphatic heterocycles. The molecule has 2 fully saturated rings. The standard InChI is InChI=1S/C11H18F2/c1-10(2)3-4-11(7-10)5-8(12)9(13)6-11/h8-9H,3-7H2,1-2H3. The molecule has 0 aromatic rings. The molecule has 0 nitrogen and oxygen atoms in total. The molecule has 2 saturated carbocycles. The van der Waals surface area contributed by atoms with Gasteiger partial charge in [0.1, 0.15) is 12.3 Å². The molecule has 13 heavy (non-hydrogen) atoms. The van der Waals surface area contributed by atoms with Gasteiger partial charge >= 0.3 is 0 Å². The maximum Gasteiger partial charge on any atom is 0.132 e. The molecule has 2 aliphatic rings. The summed E-state index contributed by atoms with van der Waals surface area (Å²) in [7, 11) is 0. The van der Waals surface area contributed by atoms with Gasteiger partial charge in [-0.3, -0.25) is 0 Å². The van der Waals surface area contributed by atoms with Gasteiger partial charge in [0, 0.05) is 0 Å². The van der Waals surface area contributed by atoms with Crippen molar-refractivity contribution in [2.45, 2.75) is 58.3 Å². The summed E-state index contributed by atoms with van der Waals surface area (Å²) < 4.78 is 26.2. The summed E-state index contributed by atoms with van der Waals surface area (Å²) in [6.45, 7) is 4.42. The Morgan fingerprint density at radius 3 is 1.92 bits per heavy atom. The fraction of sp³-hybridized carbons (Fsp3) is 1.00. The second-order valence-electron chi connectivity index (χ2n) is 5.78. The van der Waals surface area contributed by atoms with Crippen LogP contribution in [0.3, 0.4) is 0 Å². The van der Waals surface area contributed by atoms with Crippen molar-refractivity contribution in [2.75, 3.05) is 0 Å². The highest BCUT2D eigenvalue weighted by Gasteiger charge is 2.51. The highest BCUT2D eigenvalue weighted by Crippen LogP contribution is 2.58. The Morgan fingerprint density at radius 2 is 1.54 bits per heavy atom. The predicted molar refractivity (Wildman–Crippen MR) is 49.1 cm³/mol. The summed E-state index contributed by atoms with van der Waals surface area (Å²) in [6, 6.07) is 0. The van der Waals surface area contributed by atoms with Crippen molar-refractivity contribution in [2.24, 2.45) is 10.8 Å². The van der Waals surface area contributed by atoms with E-state index in [-0.39, 0.29) is 5.41 Å². The summed E-state index contributed by atoms with van der Waals surface area (Å²) in [6.07, 6.45) is 1.74. The summed E-state index contributed by atoms with van der Waals surface area (Å²) in [5.74, 6) is 0. The molecule has 0 aromatic carbocycles. The Labute approximate surface area is 78.7 Å². The third-order valence-electron chi connectivity index (χ3n) is 3.83. The molecule has 0 heterocycles. The lowest BCUT2D eigenvalue weighted by Crippen LogP contribution is -2.15. The van der Waals surface area contributed by atoms with E-state index < -0.39 is 12.3 Å². The van der Waals surface area contributed by atoms with Crippen LogP contribution in [0, 0.1) is 10.8 Å². The van der Waals surface area contributed by atoms with Crippen LogP contribution in [0.1, 0.15) is 46.0 Å². The Hall–Kier alpha value is -0.140. The molecule has 0 amide bonds. The van der Waals surface area contributed by atoms with Crippen LogP contribution < -0.4 is 0 Å². The molecule has 0 N–H and O–H groups in total. The molecular formula is C11H18F2. The van der Waals surface area contributed by atoms with Crippen molar-refractivity contribution >= 4 is 0 Å². The summed E-state index contributed by atoms with van der Waals surface area (Å²) >= 11 is 0. The second-order valence-corrected chi connectivity index (χ2v) is 5.78. The highest BCUT2D eigenvalue weighted by atomic mass is 19.2. The average molecular weight is 188 g/mol. The maximum absolute atomic E-state index is 13.1. The quantitative estimate of drug-likeness (QED) is 0.544. The lowest BCUT2D eigenvalue weighted by Gasteiger charge is -2.25. The van der Waals surface area contributed by atoms with Gasteiger partial charge in [-0.05, 0) is 42.9 Å². The van der Waals surface area contributed by atoms with Crippen LogP contribution in [0.15, 0.2) is 0 Å². The molecule has 0 saturated heterocycles. The minimum absolute atomic E-state index is 0.0162. The topological polar surface area (TPSA) is 0 Å². The van der Waals surface area contributed by atoms with Crippen LogP contribution in [-0.4, -0.2) is 12.3 Å². The molecule has 2 unspecified atom stereocenters. The number of alkyl halides is 2. The first kappa shape index (κ1) is 9.42. The summed E-state index contributed by atoms with van der Waals surface area (Å²) in [5.41, 5.74) is 0.326. The van der Waals surface area contributed by atoms with E-state index >= 15 is 0 Å². The third kappa shape index (κ3) is 1.60. The SMILES string of the molecule is CC1(C)CCC2(CC(F)C(F)C2)C1. The van der Waals surface area contributed by atoms with E-state index in [0.717, 1.165) is 19.3 Å². The largest absolute Gasteiger partial charge is 0.244 e.